The Morgan fingerprint density at radius 2 is 2.00 bits per heavy atom. The molecule has 2 N–H and O–H groups in total. The molecule has 0 aliphatic heterocycles. The van der Waals surface area contributed by atoms with Crippen molar-refractivity contribution in [3.8, 4) is 0 Å². The number of amides is 1. The average molecular weight is 295 g/mol. The number of aromatic carboxylic acids is 1. The molecule has 0 aliphatic rings. The van der Waals surface area contributed by atoms with Gasteiger partial charge in [-0.25, -0.2) is 14.2 Å². The normalized spacial score (nSPS) is 10.1. The van der Waals surface area contributed by atoms with E-state index >= 15 is 0 Å². The number of halogens is 2. The predicted molar refractivity (Wildman–Crippen MR) is 70.6 cm³/mol. The molecule has 1 aromatic carbocycles. The summed E-state index contributed by atoms with van der Waals surface area (Å²) >= 11 is 5.76. The fraction of sp³-hybridized carbons (Fsp3) is 0. The van der Waals surface area contributed by atoms with Crippen molar-refractivity contribution in [2.75, 3.05) is 5.32 Å². The molecule has 1 aromatic heterocycles. The smallest absolute Gasteiger partial charge is 0.339 e. The SMILES string of the molecule is O=C(O)c1cccnc1NC(=O)c1c(F)cccc1Cl. The van der Waals surface area contributed by atoms with Gasteiger partial charge in [-0.3, -0.25) is 4.79 Å². The van der Waals surface area contributed by atoms with Crippen LogP contribution in [0.15, 0.2) is 36.5 Å². The summed E-state index contributed by atoms with van der Waals surface area (Å²) in [6.07, 6.45) is 1.31. The van der Waals surface area contributed by atoms with Gasteiger partial charge >= 0.3 is 5.97 Å². The van der Waals surface area contributed by atoms with Crippen molar-refractivity contribution in [2.24, 2.45) is 0 Å². The molecule has 0 saturated heterocycles. The van der Waals surface area contributed by atoms with Gasteiger partial charge < -0.3 is 10.4 Å². The minimum Gasteiger partial charge on any atom is -0.478 e. The van der Waals surface area contributed by atoms with Crippen molar-refractivity contribution < 1.29 is 19.1 Å². The molecule has 0 radical (unpaired) electrons. The molecule has 0 aliphatic carbocycles. The second kappa shape index (κ2) is 5.66. The van der Waals surface area contributed by atoms with E-state index in [1.807, 2.05) is 0 Å². The summed E-state index contributed by atoms with van der Waals surface area (Å²) in [5.74, 6) is -3.10. The van der Waals surface area contributed by atoms with E-state index in [2.05, 4.69) is 10.3 Å². The van der Waals surface area contributed by atoms with Crippen molar-refractivity contribution in [2.45, 2.75) is 0 Å². The van der Waals surface area contributed by atoms with Gasteiger partial charge in [0.25, 0.3) is 5.91 Å². The van der Waals surface area contributed by atoms with E-state index in [9.17, 15) is 14.0 Å². The molecule has 0 atom stereocenters. The topological polar surface area (TPSA) is 79.3 Å². The Bertz CT molecular complexity index is 671. The maximum atomic E-state index is 13.6. The van der Waals surface area contributed by atoms with E-state index in [0.717, 1.165) is 6.07 Å². The summed E-state index contributed by atoms with van der Waals surface area (Å²) in [6, 6.07) is 6.48. The first-order valence-corrected chi connectivity index (χ1v) is 5.82. The van der Waals surface area contributed by atoms with Gasteiger partial charge in [0.2, 0.25) is 0 Å². The van der Waals surface area contributed by atoms with Crippen LogP contribution < -0.4 is 5.32 Å². The summed E-state index contributed by atoms with van der Waals surface area (Å²) in [4.78, 5) is 26.7. The van der Waals surface area contributed by atoms with Gasteiger partial charge in [-0.05, 0) is 24.3 Å². The van der Waals surface area contributed by atoms with Crippen LogP contribution in [0.25, 0.3) is 0 Å². The van der Waals surface area contributed by atoms with Crippen molar-refractivity contribution in [3.05, 3.63) is 58.5 Å². The molecule has 0 spiro atoms. The molecule has 2 aromatic rings. The number of nitrogens with one attached hydrogen (secondary N) is 1. The minimum absolute atomic E-state index is 0.0738. The molecule has 102 valence electrons. The highest BCUT2D eigenvalue weighted by molar-refractivity contribution is 6.34. The van der Waals surface area contributed by atoms with Crippen molar-refractivity contribution in [1.82, 2.24) is 4.98 Å². The highest BCUT2D eigenvalue weighted by Gasteiger charge is 2.19. The van der Waals surface area contributed by atoms with Crippen LogP contribution in [0, 0.1) is 5.82 Å². The Morgan fingerprint density at radius 3 is 2.65 bits per heavy atom. The van der Waals surface area contributed by atoms with Gasteiger partial charge in [0.05, 0.1) is 10.6 Å². The third-order valence-corrected chi connectivity index (χ3v) is 2.77. The van der Waals surface area contributed by atoms with E-state index in [1.165, 1.54) is 30.5 Å². The lowest BCUT2D eigenvalue weighted by Gasteiger charge is -2.08. The largest absolute Gasteiger partial charge is 0.478 e. The number of carboxylic acids is 1. The van der Waals surface area contributed by atoms with Gasteiger partial charge in [0, 0.05) is 6.20 Å². The second-order valence-corrected chi connectivity index (χ2v) is 4.16. The maximum absolute atomic E-state index is 13.6. The van der Waals surface area contributed by atoms with Gasteiger partial charge in [0.1, 0.15) is 17.2 Å². The Morgan fingerprint density at radius 1 is 1.25 bits per heavy atom. The van der Waals surface area contributed by atoms with Crippen molar-refractivity contribution >= 4 is 29.3 Å². The summed E-state index contributed by atoms with van der Waals surface area (Å²) in [7, 11) is 0. The second-order valence-electron chi connectivity index (χ2n) is 3.76. The minimum atomic E-state index is -1.26. The number of carboxylic acid groups (broad SMARTS) is 1. The van der Waals surface area contributed by atoms with E-state index in [0.29, 0.717) is 0 Å². The molecule has 20 heavy (non-hydrogen) atoms. The lowest BCUT2D eigenvalue weighted by atomic mass is 10.2. The van der Waals surface area contributed by atoms with Crippen LogP contribution in [0.3, 0.4) is 0 Å². The number of pyridine rings is 1. The first-order chi connectivity index (χ1) is 9.50. The van der Waals surface area contributed by atoms with Crippen LogP contribution in [0.1, 0.15) is 20.7 Å². The van der Waals surface area contributed by atoms with Crippen LogP contribution in [0.4, 0.5) is 10.2 Å². The molecule has 0 fully saturated rings. The molecular weight excluding hydrogens is 287 g/mol. The number of hydrogen-bond acceptors (Lipinski definition) is 3. The van der Waals surface area contributed by atoms with Crippen LogP contribution >= 0.6 is 11.6 Å². The van der Waals surface area contributed by atoms with E-state index in [1.54, 1.807) is 0 Å². The number of aromatic nitrogens is 1. The van der Waals surface area contributed by atoms with Gasteiger partial charge in [-0.15, -0.1) is 0 Å². The third-order valence-electron chi connectivity index (χ3n) is 2.46. The molecule has 1 heterocycles. The summed E-state index contributed by atoms with van der Waals surface area (Å²) in [6.45, 7) is 0. The first-order valence-electron chi connectivity index (χ1n) is 5.44. The molecule has 5 nitrogen and oxygen atoms in total. The van der Waals surface area contributed by atoms with E-state index in [4.69, 9.17) is 16.7 Å². The Balaban J connectivity index is 2.36. The van der Waals surface area contributed by atoms with E-state index < -0.39 is 17.7 Å². The number of hydrogen-bond donors (Lipinski definition) is 2. The van der Waals surface area contributed by atoms with Crippen molar-refractivity contribution in [3.63, 3.8) is 0 Å². The molecule has 0 unspecified atom stereocenters. The lowest BCUT2D eigenvalue weighted by molar-refractivity contribution is 0.0697. The van der Waals surface area contributed by atoms with Gasteiger partial charge in [0.15, 0.2) is 0 Å². The summed E-state index contributed by atoms with van der Waals surface area (Å²) in [5.41, 5.74) is -0.565. The molecule has 1 amide bonds. The number of carbonyl (C=O) groups excluding carboxylic acids is 1. The highest BCUT2D eigenvalue weighted by Crippen LogP contribution is 2.21. The number of carbonyl (C=O) groups is 2. The molecule has 2 rings (SSSR count). The monoisotopic (exact) mass is 294 g/mol. The first kappa shape index (κ1) is 14.0. The Labute approximate surface area is 118 Å². The number of anilines is 1. The summed E-state index contributed by atoms with van der Waals surface area (Å²) in [5, 5.41) is 11.1. The van der Waals surface area contributed by atoms with Crippen LogP contribution in [0.5, 0.6) is 0 Å². The molecule has 7 heteroatoms. The average Bonchev–Trinajstić information content (AvgIpc) is 2.38. The zero-order valence-corrected chi connectivity index (χ0v) is 10.7. The number of rotatable bonds is 3. The van der Waals surface area contributed by atoms with Gasteiger partial charge in [-0.1, -0.05) is 17.7 Å². The molecule has 0 saturated carbocycles. The van der Waals surface area contributed by atoms with Crippen LogP contribution in [-0.2, 0) is 0 Å². The molecular formula is C13H8ClFN2O3. The van der Waals surface area contributed by atoms with Crippen LogP contribution in [-0.4, -0.2) is 22.0 Å². The van der Waals surface area contributed by atoms with Crippen LogP contribution in [0.2, 0.25) is 5.02 Å². The quantitative estimate of drug-likeness (QED) is 0.912. The maximum Gasteiger partial charge on any atom is 0.339 e. The lowest BCUT2D eigenvalue weighted by Crippen LogP contribution is -2.17. The fourth-order valence-electron chi connectivity index (χ4n) is 1.56. The fourth-order valence-corrected chi connectivity index (χ4v) is 1.81. The predicted octanol–water partition coefficient (Wildman–Crippen LogP) is 2.82. The standard InChI is InChI=1S/C13H8ClFN2O3/c14-8-4-1-5-9(15)10(8)12(18)17-11-7(13(19)20)3-2-6-16-11/h1-6H,(H,19,20)(H,16,17,18). The van der Waals surface area contributed by atoms with Crippen molar-refractivity contribution in [1.29, 1.82) is 0 Å². The third kappa shape index (κ3) is 2.75. The number of benzene rings is 1. The Kier molecular flexibility index (Phi) is 3.95. The van der Waals surface area contributed by atoms with Gasteiger partial charge in [-0.2, -0.15) is 0 Å². The number of nitrogens with zero attached hydrogens (tertiary/aromatic N) is 1. The highest BCUT2D eigenvalue weighted by atomic mass is 35.5. The Hall–Kier alpha value is -2.47. The molecule has 0 bridgehead atoms. The summed E-state index contributed by atoms with van der Waals surface area (Å²) < 4.78 is 13.6. The zero-order valence-electron chi connectivity index (χ0n) is 9.93. The zero-order chi connectivity index (χ0) is 14.7. The van der Waals surface area contributed by atoms with E-state index in [-0.39, 0.29) is 22.0 Å².